The quantitative estimate of drug-likeness (QED) is 0.624. The first-order valence-electron chi connectivity index (χ1n) is 3.77. The Kier molecular flexibility index (Phi) is 4.27. The molecule has 68 valence electrons. The number of hydrogen-bond donors (Lipinski definition) is 0. The fraction of sp³-hybridized carbons (Fsp3) is 1.00. The SMILES string of the molecule is CC(C)CC(C)OP(C)(=O)F. The van der Waals surface area contributed by atoms with Crippen LogP contribution in [0.25, 0.3) is 0 Å². The van der Waals surface area contributed by atoms with Gasteiger partial charge in [-0.3, -0.25) is 4.57 Å². The molecule has 0 rings (SSSR count). The minimum absolute atomic E-state index is 0.254. The van der Waals surface area contributed by atoms with Crippen LogP contribution in [0.5, 0.6) is 0 Å². The molecule has 0 N–H and O–H groups in total. The molecule has 2 nitrogen and oxygen atoms in total. The third-order valence-corrected chi connectivity index (χ3v) is 1.91. The molecule has 0 radical (unpaired) electrons. The summed E-state index contributed by atoms with van der Waals surface area (Å²) in [7, 11) is -3.78. The first kappa shape index (κ1) is 11.1. The zero-order valence-corrected chi connectivity index (χ0v) is 8.40. The summed E-state index contributed by atoms with van der Waals surface area (Å²) in [5, 5.41) is 0. The van der Waals surface area contributed by atoms with Crippen LogP contribution in [0.2, 0.25) is 0 Å². The molecule has 11 heavy (non-hydrogen) atoms. The van der Waals surface area contributed by atoms with Crippen molar-refractivity contribution in [2.45, 2.75) is 33.3 Å². The molecule has 0 spiro atoms. The van der Waals surface area contributed by atoms with Crippen molar-refractivity contribution in [3.8, 4) is 0 Å². The molecule has 0 saturated heterocycles. The standard InChI is InChI=1S/C7H16FO2P/c1-6(2)5-7(3)10-11(4,8)9/h6-7H,5H2,1-4H3. The maximum absolute atomic E-state index is 12.4. The number of hydrogen-bond acceptors (Lipinski definition) is 2. The molecule has 0 heterocycles. The number of halogens is 1. The molecular formula is C7H16FO2P. The molecule has 0 aliphatic carbocycles. The summed E-state index contributed by atoms with van der Waals surface area (Å²) in [5.74, 6) is 0.441. The first-order chi connectivity index (χ1) is 4.81. The third-order valence-electron chi connectivity index (χ3n) is 1.17. The fourth-order valence-electron chi connectivity index (χ4n) is 1.03. The van der Waals surface area contributed by atoms with E-state index in [1.807, 2.05) is 13.8 Å². The highest BCUT2D eigenvalue weighted by molar-refractivity contribution is 7.52. The second kappa shape index (κ2) is 4.22. The van der Waals surface area contributed by atoms with E-state index in [0.717, 1.165) is 13.1 Å². The molecule has 0 aliphatic rings. The van der Waals surface area contributed by atoms with Crippen LogP contribution in [-0.4, -0.2) is 12.8 Å². The maximum atomic E-state index is 12.4. The molecule has 0 bridgehead atoms. The van der Waals surface area contributed by atoms with Gasteiger partial charge in [-0.1, -0.05) is 13.8 Å². The molecule has 0 saturated carbocycles. The van der Waals surface area contributed by atoms with E-state index in [1.165, 1.54) is 0 Å². The van der Waals surface area contributed by atoms with Gasteiger partial charge in [-0.2, -0.15) is 4.20 Å². The van der Waals surface area contributed by atoms with Gasteiger partial charge in [-0.25, -0.2) is 0 Å². The van der Waals surface area contributed by atoms with Crippen LogP contribution in [0, 0.1) is 5.92 Å². The van der Waals surface area contributed by atoms with Crippen molar-refractivity contribution in [1.29, 1.82) is 0 Å². The lowest BCUT2D eigenvalue weighted by Crippen LogP contribution is -2.08. The zero-order valence-electron chi connectivity index (χ0n) is 7.50. The first-order valence-corrected chi connectivity index (χ1v) is 5.73. The summed E-state index contributed by atoms with van der Waals surface area (Å²) in [5.41, 5.74) is 0. The maximum Gasteiger partial charge on any atom is 0.364 e. The molecule has 0 aliphatic heterocycles. The molecule has 0 aromatic rings. The van der Waals surface area contributed by atoms with Crippen LogP contribution in [0.15, 0.2) is 0 Å². The predicted octanol–water partition coefficient (Wildman–Crippen LogP) is 3.23. The van der Waals surface area contributed by atoms with Gasteiger partial charge < -0.3 is 4.52 Å². The van der Waals surface area contributed by atoms with Gasteiger partial charge in [-0.05, 0) is 19.3 Å². The zero-order chi connectivity index (χ0) is 9.07. The van der Waals surface area contributed by atoms with Gasteiger partial charge in [0.25, 0.3) is 0 Å². The van der Waals surface area contributed by atoms with Gasteiger partial charge in [-0.15, -0.1) is 0 Å². The lowest BCUT2D eigenvalue weighted by molar-refractivity contribution is 0.184. The molecule has 0 aromatic carbocycles. The van der Waals surface area contributed by atoms with Gasteiger partial charge in [0, 0.05) is 6.66 Å². The normalized spacial score (nSPS) is 19.8. The molecule has 2 atom stereocenters. The molecule has 4 heteroatoms. The Balaban J connectivity index is 3.70. The van der Waals surface area contributed by atoms with Crippen molar-refractivity contribution in [2.75, 3.05) is 6.66 Å². The minimum atomic E-state index is -3.78. The van der Waals surface area contributed by atoms with E-state index in [2.05, 4.69) is 4.52 Å². The Morgan fingerprint density at radius 3 is 2.18 bits per heavy atom. The lowest BCUT2D eigenvalue weighted by atomic mass is 10.1. The molecule has 0 aromatic heterocycles. The lowest BCUT2D eigenvalue weighted by Gasteiger charge is -2.15. The Morgan fingerprint density at radius 1 is 1.45 bits per heavy atom. The molecule has 2 unspecified atom stereocenters. The summed E-state index contributed by atoms with van der Waals surface area (Å²) in [6, 6.07) is 0. The molecule has 0 amide bonds. The topological polar surface area (TPSA) is 26.3 Å². The van der Waals surface area contributed by atoms with E-state index < -0.39 is 7.68 Å². The van der Waals surface area contributed by atoms with Crippen LogP contribution in [0.1, 0.15) is 27.2 Å². The van der Waals surface area contributed by atoms with E-state index in [9.17, 15) is 8.76 Å². The van der Waals surface area contributed by atoms with Crippen LogP contribution in [-0.2, 0) is 9.09 Å². The Morgan fingerprint density at radius 2 is 1.91 bits per heavy atom. The van der Waals surface area contributed by atoms with Crippen LogP contribution >= 0.6 is 7.68 Å². The van der Waals surface area contributed by atoms with Crippen LogP contribution in [0.4, 0.5) is 4.20 Å². The van der Waals surface area contributed by atoms with E-state index in [0.29, 0.717) is 5.92 Å². The van der Waals surface area contributed by atoms with Gasteiger partial charge in [0.1, 0.15) is 0 Å². The monoisotopic (exact) mass is 182 g/mol. The fourth-order valence-corrected chi connectivity index (χ4v) is 1.76. The number of rotatable bonds is 4. The second-order valence-corrected chi connectivity index (χ2v) is 5.00. The molecule has 0 fully saturated rings. The van der Waals surface area contributed by atoms with Gasteiger partial charge >= 0.3 is 7.68 Å². The molecular weight excluding hydrogens is 166 g/mol. The summed E-state index contributed by atoms with van der Waals surface area (Å²) >= 11 is 0. The smallest absolute Gasteiger partial charge is 0.303 e. The van der Waals surface area contributed by atoms with Crippen molar-refractivity contribution < 1.29 is 13.3 Å². The van der Waals surface area contributed by atoms with Gasteiger partial charge in [0.15, 0.2) is 0 Å². The van der Waals surface area contributed by atoms with E-state index in [-0.39, 0.29) is 6.10 Å². The van der Waals surface area contributed by atoms with E-state index >= 15 is 0 Å². The van der Waals surface area contributed by atoms with Gasteiger partial charge in [0.2, 0.25) is 0 Å². The van der Waals surface area contributed by atoms with E-state index in [1.54, 1.807) is 6.92 Å². The highest BCUT2D eigenvalue weighted by Crippen LogP contribution is 2.45. The highest BCUT2D eigenvalue weighted by Gasteiger charge is 2.18. The predicted molar refractivity (Wildman–Crippen MR) is 44.6 cm³/mol. The summed E-state index contributed by atoms with van der Waals surface area (Å²) < 4.78 is 27.6. The van der Waals surface area contributed by atoms with Crippen molar-refractivity contribution in [3.05, 3.63) is 0 Å². The second-order valence-electron chi connectivity index (χ2n) is 3.29. The van der Waals surface area contributed by atoms with Crippen molar-refractivity contribution >= 4 is 7.68 Å². The Bertz CT molecular complexity index is 153. The third kappa shape index (κ3) is 8.02. The largest absolute Gasteiger partial charge is 0.364 e. The minimum Gasteiger partial charge on any atom is -0.303 e. The van der Waals surface area contributed by atoms with Crippen molar-refractivity contribution in [1.82, 2.24) is 0 Å². The summed E-state index contributed by atoms with van der Waals surface area (Å²) in [4.78, 5) is 0. The van der Waals surface area contributed by atoms with Crippen molar-refractivity contribution in [2.24, 2.45) is 5.92 Å². The highest BCUT2D eigenvalue weighted by atomic mass is 31.2. The van der Waals surface area contributed by atoms with Crippen molar-refractivity contribution in [3.63, 3.8) is 0 Å². The average molecular weight is 182 g/mol. The Labute approximate surface area is 67.7 Å². The van der Waals surface area contributed by atoms with E-state index in [4.69, 9.17) is 0 Å². The summed E-state index contributed by atoms with van der Waals surface area (Å²) in [6.07, 6.45) is 0.484. The summed E-state index contributed by atoms with van der Waals surface area (Å²) in [6.45, 7) is 6.75. The van der Waals surface area contributed by atoms with Crippen LogP contribution in [0.3, 0.4) is 0 Å². The average Bonchev–Trinajstić information content (AvgIpc) is 1.53. The van der Waals surface area contributed by atoms with Gasteiger partial charge in [0.05, 0.1) is 6.10 Å². The Hall–Kier alpha value is 0.120. The van der Waals surface area contributed by atoms with Crippen LogP contribution < -0.4 is 0 Å².